The van der Waals surface area contributed by atoms with E-state index in [0.29, 0.717) is 36.8 Å². The van der Waals surface area contributed by atoms with Crippen LogP contribution in [0, 0.1) is 62.1 Å². The number of alkyl carbamates (subject to hydrolysis) is 1. The summed E-state index contributed by atoms with van der Waals surface area (Å²) in [7, 11) is 0. The smallest absolute Gasteiger partial charge is 0.408 e. The molecule has 380 valence electrons. The second-order valence-corrected chi connectivity index (χ2v) is 24.9. The van der Waals surface area contributed by atoms with Crippen LogP contribution in [-0.2, 0) is 33.4 Å². The average molecular weight is 939 g/mol. The summed E-state index contributed by atoms with van der Waals surface area (Å²) in [4.78, 5) is 76.0. The molecule has 0 heterocycles. The summed E-state index contributed by atoms with van der Waals surface area (Å²) in [5, 5.41) is 18.4. The molecular weight excluding hydrogens is 849 g/mol. The van der Waals surface area contributed by atoms with Gasteiger partial charge in [-0.15, -0.1) is 0 Å². The van der Waals surface area contributed by atoms with Gasteiger partial charge in [-0.2, -0.15) is 0 Å². The summed E-state index contributed by atoms with van der Waals surface area (Å²) >= 11 is 0. The second kappa shape index (κ2) is 20.8. The molecule has 0 aromatic heterocycles. The van der Waals surface area contributed by atoms with Crippen LogP contribution in [0.4, 0.5) is 4.79 Å². The molecule has 5 fully saturated rings. The number of carboxylic acids is 1. The monoisotopic (exact) mass is 939 g/mol. The Bertz CT molecular complexity index is 1860. The number of aliphatic carboxylic acids is 1. The van der Waals surface area contributed by atoms with Crippen LogP contribution in [0.25, 0.3) is 0 Å². The molecule has 13 nitrogen and oxygen atoms in total. The maximum atomic E-state index is 14.6. The normalized spacial score (nSPS) is 33.6. The topological polar surface area (TPSA) is 203 Å². The van der Waals surface area contributed by atoms with Gasteiger partial charge in [0.1, 0.15) is 17.7 Å². The lowest BCUT2D eigenvalue weighted by molar-refractivity contribution is -0.249. The third kappa shape index (κ3) is 11.4. The molecule has 0 saturated heterocycles. The number of esters is 1. The van der Waals surface area contributed by atoms with Gasteiger partial charge in [0.2, 0.25) is 17.7 Å². The van der Waals surface area contributed by atoms with Crippen LogP contribution in [0.1, 0.15) is 198 Å². The molecule has 0 aromatic rings. The Kier molecular flexibility index (Phi) is 16.8. The molecule has 5 aliphatic rings. The van der Waals surface area contributed by atoms with Crippen molar-refractivity contribution in [1.82, 2.24) is 16.0 Å². The van der Waals surface area contributed by atoms with E-state index in [1.807, 2.05) is 0 Å². The molecule has 4 amide bonds. The predicted octanol–water partition coefficient (Wildman–Crippen LogP) is 9.79. The van der Waals surface area contributed by atoms with E-state index in [1.54, 1.807) is 34.6 Å². The lowest BCUT2D eigenvalue weighted by Crippen LogP contribution is -2.67. The number of fused-ring (bicyclic) bond motifs is 7. The van der Waals surface area contributed by atoms with Crippen molar-refractivity contribution in [3.63, 3.8) is 0 Å². The van der Waals surface area contributed by atoms with Gasteiger partial charge in [-0.3, -0.25) is 24.0 Å². The van der Waals surface area contributed by atoms with E-state index in [4.69, 9.17) is 15.2 Å². The first kappa shape index (κ1) is 54.3. The number of carbonyl (C=O) groups is 6. The van der Waals surface area contributed by atoms with E-state index in [1.165, 1.54) is 5.57 Å². The molecule has 0 spiro atoms. The standard InChI is InChI=1S/C54H90N4O9/c1-34(2)35-22-27-54(45(62)57-31-19-17-15-13-14-16-18-30-56-44(61)37(32-41(55)59)58-47(65)67-48(3,4)5)29-28-52(11)36(43(35)54)20-21-39-51(10)25-24-40(66-42(60)33-49(6,7)46(63)64)50(8,9)38(51)23-26-53(39,52)12/h35-40,43H,1,13-33H2,2-12H3,(H2,55,59)(H,56,61)(H,57,62)(H,58,65)(H,63,64). The first-order valence-corrected chi connectivity index (χ1v) is 26.0. The molecule has 0 aliphatic heterocycles. The number of ether oxygens (including phenoxy) is 2. The fraction of sp³-hybridized carbons (Fsp3) is 0.852. The van der Waals surface area contributed by atoms with Gasteiger partial charge in [-0.05, 0) is 164 Å². The van der Waals surface area contributed by atoms with E-state index in [-0.39, 0.29) is 57.8 Å². The fourth-order valence-electron chi connectivity index (χ4n) is 15.1. The van der Waals surface area contributed by atoms with Crippen LogP contribution in [0.3, 0.4) is 0 Å². The average Bonchev–Trinajstić information content (AvgIpc) is 3.61. The highest BCUT2D eigenvalue weighted by atomic mass is 16.6. The van der Waals surface area contributed by atoms with Gasteiger partial charge in [-0.1, -0.05) is 78.9 Å². The Morgan fingerprint density at radius 2 is 1.36 bits per heavy atom. The number of primary amides is 1. The quantitative estimate of drug-likeness (QED) is 0.0447. The molecule has 5 rings (SSSR count). The third-order valence-electron chi connectivity index (χ3n) is 18.7. The van der Waals surface area contributed by atoms with Gasteiger partial charge in [0, 0.05) is 18.5 Å². The molecule has 13 heteroatoms. The zero-order chi connectivity index (χ0) is 50.0. The highest BCUT2D eigenvalue weighted by molar-refractivity contribution is 5.90. The number of hydrogen-bond acceptors (Lipinski definition) is 8. The van der Waals surface area contributed by atoms with Gasteiger partial charge in [0.25, 0.3) is 0 Å². The summed E-state index contributed by atoms with van der Waals surface area (Å²) in [6.07, 6.45) is 15.6. The fourth-order valence-corrected chi connectivity index (χ4v) is 15.1. The molecule has 0 aromatic carbocycles. The number of nitrogens with one attached hydrogen (secondary N) is 3. The summed E-state index contributed by atoms with van der Waals surface area (Å²) in [5.41, 5.74) is 4.31. The highest BCUT2D eigenvalue weighted by Crippen LogP contribution is 2.77. The molecule has 0 bridgehead atoms. The minimum atomic E-state index is -1.17. The Balaban J connectivity index is 1.12. The van der Waals surface area contributed by atoms with Crippen LogP contribution in [0.15, 0.2) is 12.2 Å². The first-order valence-electron chi connectivity index (χ1n) is 26.0. The van der Waals surface area contributed by atoms with E-state index in [2.05, 4.69) is 64.1 Å². The predicted molar refractivity (Wildman–Crippen MR) is 260 cm³/mol. The molecule has 5 aliphatic carbocycles. The Hall–Kier alpha value is -3.64. The maximum Gasteiger partial charge on any atom is 0.408 e. The van der Waals surface area contributed by atoms with Crippen molar-refractivity contribution in [2.45, 2.75) is 216 Å². The van der Waals surface area contributed by atoms with Gasteiger partial charge in [0.05, 0.1) is 23.7 Å². The van der Waals surface area contributed by atoms with Crippen molar-refractivity contribution in [3.05, 3.63) is 12.2 Å². The van der Waals surface area contributed by atoms with Gasteiger partial charge >= 0.3 is 18.0 Å². The SMILES string of the molecule is C=C(C)C1CCC2(C(=O)NCCCCCCCCCNC(=O)C(CC(N)=O)NC(=O)OC(C)(C)C)CCC3(C)C(CCC4C5(C)CCC(OC(=O)CC(C)(C)C(=O)O)C(C)(C)C5CCC43C)C12. The Morgan fingerprint density at radius 1 is 0.746 bits per heavy atom. The van der Waals surface area contributed by atoms with Crippen molar-refractivity contribution >= 4 is 35.8 Å². The zero-order valence-electron chi connectivity index (χ0n) is 43.4. The van der Waals surface area contributed by atoms with Gasteiger partial charge < -0.3 is 36.3 Å². The molecule has 67 heavy (non-hydrogen) atoms. The molecular formula is C54H90N4O9. The summed E-state index contributed by atoms with van der Waals surface area (Å²) in [5.74, 6) is -0.326. The van der Waals surface area contributed by atoms with Crippen LogP contribution in [0.5, 0.6) is 0 Å². The summed E-state index contributed by atoms with van der Waals surface area (Å²) in [6, 6.07) is -1.09. The van der Waals surface area contributed by atoms with Gasteiger partial charge in [0.15, 0.2) is 0 Å². The molecule has 11 atom stereocenters. The number of nitrogens with two attached hydrogens (primary N) is 1. The first-order chi connectivity index (χ1) is 31.1. The van der Waals surface area contributed by atoms with Crippen molar-refractivity contribution < 1.29 is 43.3 Å². The number of unbranched alkanes of at least 4 members (excludes halogenated alkanes) is 6. The van der Waals surface area contributed by atoms with Crippen molar-refractivity contribution in [2.75, 3.05) is 13.1 Å². The number of amides is 4. The van der Waals surface area contributed by atoms with Crippen molar-refractivity contribution in [3.8, 4) is 0 Å². The largest absolute Gasteiger partial charge is 0.481 e. The van der Waals surface area contributed by atoms with Crippen LogP contribution in [0.2, 0.25) is 0 Å². The Labute approximate surface area is 402 Å². The molecule has 5 saturated carbocycles. The summed E-state index contributed by atoms with van der Waals surface area (Å²) in [6.45, 7) is 28.5. The number of rotatable bonds is 20. The molecule has 11 unspecified atom stereocenters. The maximum absolute atomic E-state index is 14.6. The van der Waals surface area contributed by atoms with Crippen LogP contribution in [-0.4, -0.2) is 71.7 Å². The second-order valence-electron chi connectivity index (χ2n) is 24.9. The number of carboxylic acid groups (broad SMARTS) is 1. The van der Waals surface area contributed by atoms with Crippen molar-refractivity contribution in [1.29, 1.82) is 0 Å². The van der Waals surface area contributed by atoms with Gasteiger partial charge in [-0.25, -0.2) is 4.79 Å². The van der Waals surface area contributed by atoms with Crippen LogP contribution >= 0.6 is 0 Å². The van der Waals surface area contributed by atoms with E-state index < -0.39 is 46.9 Å². The lowest BCUT2D eigenvalue weighted by atomic mass is 9.32. The number of carbonyl (C=O) groups excluding carboxylic acids is 5. The van der Waals surface area contributed by atoms with Crippen LogP contribution < -0.4 is 21.7 Å². The van der Waals surface area contributed by atoms with E-state index in [9.17, 15) is 33.9 Å². The van der Waals surface area contributed by atoms with E-state index >= 15 is 0 Å². The minimum Gasteiger partial charge on any atom is -0.481 e. The highest BCUT2D eigenvalue weighted by Gasteiger charge is 2.72. The lowest BCUT2D eigenvalue weighted by Gasteiger charge is -2.72. The number of allylic oxidation sites excluding steroid dienone is 1. The minimum absolute atomic E-state index is 0.0857. The van der Waals surface area contributed by atoms with Crippen molar-refractivity contribution in [2.24, 2.45) is 67.8 Å². The molecule has 6 N–H and O–H groups in total. The molecule has 0 radical (unpaired) electrons. The third-order valence-corrected chi connectivity index (χ3v) is 18.7. The zero-order valence-corrected chi connectivity index (χ0v) is 43.4. The number of hydrogen-bond donors (Lipinski definition) is 5. The summed E-state index contributed by atoms with van der Waals surface area (Å²) < 4.78 is 11.4. The Morgan fingerprint density at radius 3 is 1.94 bits per heavy atom. The van der Waals surface area contributed by atoms with E-state index in [0.717, 1.165) is 109 Å².